The number of hydrogen-bond donors (Lipinski definition) is 0. The zero-order chi connectivity index (χ0) is 14.8. The highest BCUT2D eigenvalue weighted by Gasteiger charge is 2.30. The van der Waals surface area contributed by atoms with Gasteiger partial charge in [-0.05, 0) is 49.3 Å². The van der Waals surface area contributed by atoms with Crippen LogP contribution in [0, 0.1) is 11.8 Å². The summed E-state index contributed by atoms with van der Waals surface area (Å²) in [6.45, 7) is 9.77. The van der Waals surface area contributed by atoms with Crippen molar-refractivity contribution in [3.63, 3.8) is 0 Å². The summed E-state index contributed by atoms with van der Waals surface area (Å²) in [6.07, 6.45) is 3.93. The van der Waals surface area contributed by atoms with Gasteiger partial charge >= 0.3 is 0 Å². The molecule has 2 heteroatoms. The second kappa shape index (κ2) is 6.50. The van der Waals surface area contributed by atoms with Gasteiger partial charge < -0.3 is 4.90 Å². The van der Waals surface area contributed by atoms with Crippen LogP contribution in [0.25, 0.3) is 0 Å². The Balaban J connectivity index is 1.64. The quantitative estimate of drug-likeness (QED) is 0.842. The molecule has 1 aliphatic carbocycles. The maximum Gasteiger partial charge on any atom is 0.0246 e. The number of benzene rings is 1. The monoisotopic (exact) mass is 286 g/mol. The van der Waals surface area contributed by atoms with Crippen LogP contribution >= 0.6 is 0 Å². The molecular formula is C19H30N2. The van der Waals surface area contributed by atoms with Gasteiger partial charge in [-0.2, -0.15) is 0 Å². The van der Waals surface area contributed by atoms with Crippen LogP contribution in [0.4, 0.5) is 0 Å². The van der Waals surface area contributed by atoms with E-state index >= 15 is 0 Å². The Kier molecular flexibility index (Phi) is 4.66. The van der Waals surface area contributed by atoms with Gasteiger partial charge in [-0.15, -0.1) is 0 Å². The smallest absolute Gasteiger partial charge is 0.0246 e. The molecule has 1 saturated heterocycles. The molecule has 0 radical (unpaired) electrons. The Labute approximate surface area is 130 Å². The molecule has 3 rings (SSSR count). The third-order valence-corrected chi connectivity index (χ3v) is 5.45. The van der Waals surface area contributed by atoms with Gasteiger partial charge in [0.15, 0.2) is 0 Å². The van der Waals surface area contributed by atoms with Gasteiger partial charge in [0.05, 0.1) is 0 Å². The largest absolute Gasteiger partial charge is 0.304 e. The first-order chi connectivity index (χ1) is 10.1. The van der Waals surface area contributed by atoms with Crippen molar-refractivity contribution in [2.24, 2.45) is 11.8 Å². The second-order valence-electron chi connectivity index (χ2n) is 7.45. The van der Waals surface area contributed by atoms with E-state index in [4.69, 9.17) is 0 Å². The van der Waals surface area contributed by atoms with Gasteiger partial charge in [0.25, 0.3) is 0 Å². The highest BCUT2D eigenvalue weighted by atomic mass is 15.3. The number of rotatable bonds is 3. The van der Waals surface area contributed by atoms with E-state index in [2.05, 4.69) is 55.0 Å². The topological polar surface area (TPSA) is 6.48 Å². The highest BCUT2D eigenvalue weighted by Crippen LogP contribution is 2.27. The molecule has 0 amide bonds. The average molecular weight is 286 g/mol. The number of aryl methyl sites for hydroxylation is 1. The van der Waals surface area contributed by atoms with E-state index in [0.29, 0.717) is 0 Å². The lowest BCUT2D eigenvalue weighted by molar-refractivity contribution is 0.0486. The first kappa shape index (κ1) is 15.1. The van der Waals surface area contributed by atoms with E-state index in [1.807, 2.05) is 0 Å². The SMILES string of the molecule is CC(C)[C@H]1CN(C)CCN1CC1CCc2ccccc2C1. The maximum absolute atomic E-state index is 2.78. The fourth-order valence-electron chi connectivity index (χ4n) is 4.11. The summed E-state index contributed by atoms with van der Waals surface area (Å²) >= 11 is 0. The van der Waals surface area contributed by atoms with Crippen molar-refractivity contribution in [2.75, 3.05) is 33.2 Å². The summed E-state index contributed by atoms with van der Waals surface area (Å²) in [5.74, 6) is 1.60. The van der Waals surface area contributed by atoms with Crippen molar-refractivity contribution in [1.82, 2.24) is 9.80 Å². The molecule has 1 fully saturated rings. The molecule has 1 heterocycles. The second-order valence-corrected chi connectivity index (χ2v) is 7.45. The number of fused-ring (bicyclic) bond motifs is 1. The van der Waals surface area contributed by atoms with E-state index in [1.54, 1.807) is 11.1 Å². The summed E-state index contributed by atoms with van der Waals surface area (Å²) in [6, 6.07) is 9.78. The van der Waals surface area contributed by atoms with Crippen LogP contribution in [0.3, 0.4) is 0 Å². The van der Waals surface area contributed by atoms with Crippen molar-refractivity contribution in [1.29, 1.82) is 0 Å². The van der Waals surface area contributed by atoms with Gasteiger partial charge in [0.1, 0.15) is 0 Å². The Morgan fingerprint density at radius 2 is 1.90 bits per heavy atom. The number of piperazine rings is 1. The van der Waals surface area contributed by atoms with E-state index in [0.717, 1.165) is 17.9 Å². The minimum atomic E-state index is 0.737. The molecule has 116 valence electrons. The van der Waals surface area contributed by atoms with Crippen LogP contribution in [-0.4, -0.2) is 49.1 Å². The molecule has 1 unspecified atom stereocenters. The summed E-state index contributed by atoms with van der Waals surface area (Å²) in [5, 5.41) is 0. The lowest BCUT2D eigenvalue weighted by atomic mass is 9.83. The lowest BCUT2D eigenvalue weighted by Crippen LogP contribution is -2.55. The third kappa shape index (κ3) is 3.49. The van der Waals surface area contributed by atoms with Crippen LogP contribution in [0.5, 0.6) is 0 Å². The summed E-state index contributed by atoms with van der Waals surface area (Å²) in [5.41, 5.74) is 3.19. The van der Waals surface area contributed by atoms with Crippen LogP contribution in [-0.2, 0) is 12.8 Å². The zero-order valence-corrected chi connectivity index (χ0v) is 13.9. The van der Waals surface area contributed by atoms with Crippen LogP contribution in [0.1, 0.15) is 31.4 Å². The number of hydrogen-bond acceptors (Lipinski definition) is 2. The van der Waals surface area contributed by atoms with Gasteiger partial charge in [0.2, 0.25) is 0 Å². The van der Waals surface area contributed by atoms with Crippen molar-refractivity contribution in [3.05, 3.63) is 35.4 Å². The molecule has 0 bridgehead atoms. The highest BCUT2D eigenvalue weighted by molar-refractivity contribution is 5.29. The maximum atomic E-state index is 2.78. The number of nitrogens with zero attached hydrogens (tertiary/aromatic N) is 2. The van der Waals surface area contributed by atoms with Gasteiger partial charge in [-0.25, -0.2) is 0 Å². The minimum absolute atomic E-state index is 0.737. The average Bonchev–Trinajstić information content (AvgIpc) is 2.49. The van der Waals surface area contributed by atoms with Crippen molar-refractivity contribution < 1.29 is 0 Å². The van der Waals surface area contributed by atoms with Crippen molar-refractivity contribution in [3.8, 4) is 0 Å². The lowest BCUT2D eigenvalue weighted by Gasteiger charge is -2.44. The van der Waals surface area contributed by atoms with Crippen LogP contribution in [0.2, 0.25) is 0 Å². The fourth-order valence-corrected chi connectivity index (χ4v) is 4.11. The molecule has 0 aromatic heterocycles. The van der Waals surface area contributed by atoms with E-state index in [9.17, 15) is 0 Å². The molecule has 1 aromatic rings. The van der Waals surface area contributed by atoms with Gasteiger partial charge in [0, 0.05) is 32.2 Å². The zero-order valence-electron chi connectivity index (χ0n) is 13.9. The molecule has 0 N–H and O–H groups in total. The Morgan fingerprint density at radius 3 is 2.67 bits per heavy atom. The molecule has 1 aliphatic heterocycles. The van der Waals surface area contributed by atoms with Crippen molar-refractivity contribution >= 4 is 0 Å². The first-order valence-corrected chi connectivity index (χ1v) is 8.63. The summed E-state index contributed by atoms with van der Waals surface area (Å²) < 4.78 is 0. The van der Waals surface area contributed by atoms with Crippen molar-refractivity contribution in [2.45, 2.75) is 39.2 Å². The summed E-state index contributed by atoms with van der Waals surface area (Å²) in [4.78, 5) is 5.28. The first-order valence-electron chi connectivity index (χ1n) is 8.63. The molecule has 1 aromatic carbocycles. The predicted molar refractivity (Wildman–Crippen MR) is 89.7 cm³/mol. The number of likely N-dealkylation sites (N-methyl/N-ethyl adjacent to an activating group) is 1. The molecule has 2 atom stereocenters. The van der Waals surface area contributed by atoms with E-state index in [-0.39, 0.29) is 0 Å². The summed E-state index contributed by atoms with van der Waals surface area (Å²) in [7, 11) is 2.27. The standard InChI is InChI=1S/C19H30N2/c1-15(2)19-14-20(3)10-11-21(19)13-16-8-9-17-6-4-5-7-18(17)12-16/h4-7,15-16,19H,8-14H2,1-3H3/t16?,19-/m1/s1. The fraction of sp³-hybridized carbons (Fsp3) is 0.684. The molecule has 2 nitrogen and oxygen atoms in total. The predicted octanol–water partition coefficient (Wildman–Crippen LogP) is 3.06. The minimum Gasteiger partial charge on any atom is -0.304 e. The molecule has 0 saturated carbocycles. The van der Waals surface area contributed by atoms with Gasteiger partial charge in [-0.1, -0.05) is 38.1 Å². The Morgan fingerprint density at radius 1 is 1.14 bits per heavy atom. The molecule has 0 spiro atoms. The van der Waals surface area contributed by atoms with Crippen LogP contribution in [0.15, 0.2) is 24.3 Å². The molecule has 2 aliphatic rings. The molecular weight excluding hydrogens is 256 g/mol. The normalized spacial score (nSPS) is 27.8. The van der Waals surface area contributed by atoms with E-state index in [1.165, 1.54) is 45.4 Å². The Bertz CT molecular complexity index is 468. The molecule has 21 heavy (non-hydrogen) atoms. The third-order valence-electron chi connectivity index (χ3n) is 5.45. The van der Waals surface area contributed by atoms with Gasteiger partial charge in [-0.3, -0.25) is 4.90 Å². The Hall–Kier alpha value is -0.860. The van der Waals surface area contributed by atoms with E-state index < -0.39 is 0 Å². The van der Waals surface area contributed by atoms with Crippen LogP contribution < -0.4 is 0 Å².